The molecule has 2 aliphatic heterocycles. The quantitative estimate of drug-likeness (QED) is 0.135. The number of aromatic nitrogens is 4. The monoisotopic (exact) mass is 790 g/mol. The predicted molar refractivity (Wildman–Crippen MR) is 218 cm³/mol. The fraction of sp³-hybridized carbons (Fsp3) is 0.500. The van der Waals surface area contributed by atoms with Gasteiger partial charge in [0.25, 0.3) is 0 Å². The lowest BCUT2D eigenvalue weighted by molar-refractivity contribution is -0.137. The van der Waals surface area contributed by atoms with Crippen LogP contribution in [0.25, 0.3) is 33.6 Å². The molecule has 1 saturated carbocycles. The number of benzene rings is 2. The van der Waals surface area contributed by atoms with E-state index in [-0.39, 0.29) is 23.9 Å². The summed E-state index contributed by atoms with van der Waals surface area (Å²) in [6.07, 6.45) is 12.6. The number of fused-ring (bicyclic) bond motifs is 2. The van der Waals surface area contributed by atoms with Crippen LogP contribution in [0.5, 0.6) is 0 Å². The number of ether oxygens (including phenoxy) is 2. The van der Waals surface area contributed by atoms with Crippen LogP contribution in [-0.4, -0.2) is 93.1 Å². The van der Waals surface area contributed by atoms with Gasteiger partial charge in [0.15, 0.2) is 0 Å². The molecule has 2 bridgehead atoms. The van der Waals surface area contributed by atoms with E-state index in [9.17, 15) is 19.2 Å². The molecule has 2 aromatic carbocycles. The van der Waals surface area contributed by atoms with Crippen molar-refractivity contribution >= 4 is 24.0 Å². The number of H-pyrrole nitrogens is 2. The number of nitrogens with one attached hydrogen (secondary N) is 4. The molecule has 9 rings (SSSR count). The van der Waals surface area contributed by atoms with E-state index in [1.54, 1.807) is 13.8 Å². The molecule has 3 aliphatic carbocycles. The molecule has 306 valence electrons. The summed E-state index contributed by atoms with van der Waals surface area (Å²) in [6, 6.07) is 11.4. The van der Waals surface area contributed by atoms with Crippen molar-refractivity contribution in [1.29, 1.82) is 0 Å². The van der Waals surface area contributed by atoms with Crippen molar-refractivity contribution in [3.63, 3.8) is 0 Å². The first-order valence-corrected chi connectivity index (χ1v) is 20.8. The number of alkyl carbamates (subject to hydrolysis) is 2. The molecule has 14 heteroatoms. The van der Waals surface area contributed by atoms with Crippen molar-refractivity contribution in [2.24, 2.45) is 0 Å². The Labute approximate surface area is 338 Å². The number of carbonyl (C=O) groups is 4. The van der Waals surface area contributed by atoms with Crippen molar-refractivity contribution in [3.05, 3.63) is 71.6 Å². The van der Waals surface area contributed by atoms with Gasteiger partial charge >= 0.3 is 12.2 Å². The molecule has 4 heterocycles. The summed E-state index contributed by atoms with van der Waals surface area (Å²) >= 11 is 0. The lowest BCUT2D eigenvalue weighted by atomic mass is 9.64. The number of hydrogen-bond acceptors (Lipinski definition) is 8. The number of nitrogens with zero attached hydrogens (tertiary/aromatic N) is 4. The van der Waals surface area contributed by atoms with E-state index in [0.717, 1.165) is 67.1 Å². The Kier molecular flexibility index (Phi) is 11.3. The summed E-state index contributed by atoms with van der Waals surface area (Å²) < 4.78 is 9.43. The van der Waals surface area contributed by atoms with Gasteiger partial charge in [-0.2, -0.15) is 0 Å². The van der Waals surface area contributed by atoms with E-state index in [2.05, 4.69) is 57.0 Å². The summed E-state index contributed by atoms with van der Waals surface area (Å²) in [6.45, 7) is 4.58. The first-order valence-electron chi connectivity index (χ1n) is 20.8. The van der Waals surface area contributed by atoms with Crippen molar-refractivity contribution in [2.45, 2.75) is 114 Å². The molecule has 0 spiro atoms. The highest BCUT2D eigenvalue weighted by atomic mass is 16.5. The molecule has 4 atom stereocenters. The Balaban J connectivity index is 1.03. The number of aromatic amines is 2. The Morgan fingerprint density at radius 1 is 0.621 bits per heavy atom. The first kappa shape index (κ1) is 39.2. The van der Waals surface area contributed by atoms with Crippen molar-refractivity contribution in [1.82, 2.24) is 40.4 Å². The molecular formula is C44H54N8O6. The van der Waals surface area contributed by atoms with Gasteiger partial charge in [0, 0.05) is 18.7 Å². The molecule has 2 aromatic heterocycles. The maximum absolute atomic E-state index is 13.5. The van der Waals surface area contributed by atoms with Crippen LogP contribution in [0.4, 0.5) is 9.59 Å². The normalized spacial score (nSPS) is 22.4. The Bertz CT molecular complexity index is 2150. The van der Waals surface area contributed by atoms with Crippen LogP contribution >= 0.6 is 0 Å². The zero-order valence-electron chi connectivity index (χ0n) is 33.8. The summed E-state index contributed by atoms with van der Waals surface area (Å²) in [5.74, 6) is 2.19. The number of methoxy groups -OCH3 is 2. The zero-order chi connectivity index (χ0) is 40.5. The molecular weight excluding hydrogens is 737 g/mol. The maximum atomic E-state index is 13.5. The number of amides is 4. The van der Waals surface area contributed by atoms with Gasteiger partial charge in [-0.15, -0.1) is 0 Å². The number of carbonyl (C=O) groups excluding carboxylic acids is 4. The molecule has 14 nitrogen and oxygen atoms in total. The van der Waals surface area contributed by atoms with Gasteiger partial charge in [-0.05, 0) is 118 Å². The van der Waals surface area contributed by atoms with E-state index in [0.29, 0.717) is 24.9 Å². The van der Waals surface area contributed by atoms with Gasteiger partial charge in [0.05, 0.1) is 50.1 Å². The van der Waals surface area contributed by atoms with E-state index in [4.69, 9.17) is 19.4 Å². The van der Waals surface area contributed by atoms with E-state index >= 15 is 0 Å². The number of likely N-dealkylation sites (tertiary alicyclic amines) is 2. The molecule has 2 saturated heterocycles. The summed E-state index contributed by atoms with van der Waals surface area (Å²) in [5, 5.41) is 5.23. The van der Waals surface area contributed by atoms with Gasteiger partial charge in [-0.25, -0.2) is 19.6 Å². The minimum Gasteiger partial charge on any atom is -0.453 e. The van der Waals surface area contributed by atoms with Crippen LogP contribution in [-0.2, 0) is 19.1 Å². The molecule has 4 amide bonds. The largest absolute Gasteiger partial charge is 0.453 e. The summed E-state index contributed by atoms with van der Waals surface area (Å²) in [4.78, 5) is 71.0. The van der Waals surface area contributed by atoms with E-state index < -0.39 is 24.3 Å². The highest BCUT2D eigenvalue weighted by Gasteiger charge is 2.38. The fourth-order valence-corrected chi connectivity index (χ4v) is 9.85. The molecule has 0 radical (unpaired) electrons. The van der Waals surface area contributed by atoms with Crippen molar-refractivity contribution in [3.8, 4) is 33.6 Å². The van der Waals surface area contributed by atoms with Gasteiger partial charge < -0.3 is 39.9 Å². The number of piperidine rings is 2. The highest BCUT2D eigenvalue weighted by Crippen LogP contribution is 2.55. The van der Waals surface area contributed by atoms with Gasteiger partial charge in [0.1, 0.15) is 23.7 Å². The predicted octanol–water partition coefficient (Wildman–Crippen LogP) is 7.48. The molecule has 4 aromatic rings. The second-order valence-corrected chi connectivity index (χ2v) is 16.3. The lowest BCUT2D eigenvalue weighted by Gasteiger charge is -2.41. The molecule has 58 heavy (non-hydrogen) atoms. The second-order valence-electron chi connectivity index (χ2n) is 16.3. The smallest absolute Gasteiger partial charge is 0.407 e. The van der Waals surface area contributed by atoms with Crippen LogP contribution in [0.3, 0.4) is 0 Å². The Hall–Kier alpha value is -5.66. The summed E-state index contributed by atoms with van der Waals surface area (Å²) in [5.41, 5.74) is 9.38. The number of rotatable bonds is 9. The van der Waals surface area contributed by atoms with E-state index in [1.807, 2.05) is 22.2 Å². The molecule has 3 fully saturated rings. The maximum Gasteiger partial charge on any atom is 0.407 e. The topological polar surface area (TPSA) is 175 Å². The minimum absolute atomic E-state index is 0.144. The second kappa shape index (κ2) is 16.7. The number of hydrogen-bond donors (Lipinski definition) is 4. The average Bonchev–Trinajstić information content (AvgIpc) is 3.97. The summed E-state index contributed by atoms with van der Waals surface area (Å²) in [7, 11) is 2.58. The van der Waals surface area contributed by atoms with E-state index in [1.165, 1.54) is 67.7 Å². The third-order valence-electron chi connectivity index (χ3n) is 12.8. The van der Waals surface area contributed by atoms with Crippen LogP contribution in [0.15, 0.2) is 48.8 Å². The minimum atomic E-state index is -0.709. The zero-order valence-corrected chi connectivity index (χ0v) is 33.8. The number of imidazole rings is 2. The third kappa shape index (κ3) is 7.56. The Morgan fingerprint density at radius 3 is 1.59 bits per heavy atom. The first-order chi connectivity index (χ1) is 28.1. The van der Waals surface area contributed by atoms with Crippen LogP contribution in [0, 0.1) is 0 Å². The van der Waals surface area contributed by atoms with Crippen LogP contribution in [0.1, 0.15) is 125 Å². The van der Waals surface area contributed by atoms with Crippen molar-refractivity contribution < 1.29 is 28.7 Å². The SMILES string of the molecule is COC(=O)N[C@@H](C)C(=O)N1CCCC[C@H]1c1ncc(-c2ccc(-c3ccc(-c4cnc([C@@H]5CCCCN5C(=O)[C@H](C)NC(=O)OC)[nH]4)c4c3C3CCC4CC3)cc2)[nH]1. The van der Waals surface area contributed by atoms with Gasteiger partial charge in [-0.3, -0.25) is 9.59 Å². The van der Waals surface area contributed by atoms with Gasteiger partial charge in [-0.1, -0.05) is 36.4 Å². The van der Waals surface area contributed by atoms with Crippen LogP contribution in [0.2, 0.25) is 0 Å². The highest BCUT2D eigenvalue weighted by molar-refractivity contribution is 5.86. The van der Waals surface area contributed by atoms with Gasteiger partial charge in [0.2, 0.25) is 11.8 Å². The molecule has 5 aliphatic rings. The van der Waals surface area contributed by atoms with Crippen molar-refractivity contribution in [2.75, 3.05) is 27.3 Å². The Morgan fingerprint density at radius 2 is 1.07 bits per heavy atom. The third-order valence-corrected chi connectivity index (χ3v) is 12.8. The van der Waals surface area contributed by atoms with Crippen LogP contribution < -0.4 is 10.6 Å². The standard InChI is InChI=1S/C44H54N8O6/c1-25(47-43(55)57-3)41(53)51-21-7-5-9-35(51)39-45-23-33(49-39)28-13-11-27(12-14-28)31-19-20-32(38-30-17-15-29(16-18-30)37(31)38)34-24-46-40(50-34)36-10-6-8-22-52(36)42(54)26(2)48-44(56)58-4/h11-14,19-20,23-26,29-30,35-36H,5-10,15-18,21-22H2,1-4H3,(H,45,49)(H,46,50)(H,47,55)(H,48,56)/t25-,26-,29?,30?,35-,36-/m0/s1. The fourth-order valence-electron chi connectivity index (χ4n) is 9.85. The average molecular weight is 791 g/mol. The molecule has 0 unspecified atom stereocenters. The lowest BCUT2D eigenvalue weighted by Crippen LogP contribution is -2.49. The molecule has 4 N–H and O–H groups in total.